The summed E-state index contributed by atoms with van der Waals surface area (Å²) in [5, 5.41) is 5.07. The summed E-state index contributed by atoms with van der Waals surface area (Å²) in [4.78, 5) is 54.9. The minimum atomic E-state index is -1.19. The van der Waals surface area contributed by atoms with E-state index in [0.717, 1.165) is 7.11 Å². The Kier molecular flexibility index (Phi) is 8.23. The third-order valence-corrected chi connectivity index (χ3v) is 4.54. The molecule has 172 valence electrons. The molecule has 0 fully saturated rings. The van der Waals surface area contributed by atoms with Crippen molar-refractivity contribution >= 4 is 47.0 Å². The SMILES string of the molecule is COC(=O)C(Cc1c[nH]c(=O)nc1NC(=O)c1c(Cl)cccc1Cl)NC(=O)OC(C)(C)C. The molecule has 1 unspecified atom stereocenters. The predicted octanol–water partition coefficient (Wildman–Crippen LogP) is 2.94. The van der Waals surface area contributed by atoms with Gasteiger partial charge in [0.15, 0.2) is 0 Å². The summed E-state index contributed by atoms with van der Waals surface area (Å²) in [5.41, 5.74) is -1.32. The van der Waals surface area contributed by atoms with Crippen LogP contribution in [0.3, 0.4) is 0 Å². The number of rotatable bonds is 6. The molecule has 0 aliphatic carbocycles. The van der Waals surface area contributed by atoms with Crippen LogP contribution in [0.25, 0.3) is 0 Å². The number of esters is 1. The number of H-pyrrole nitrogens is 1. The maximum absolute atomic E-state index is 12.7. The first-order valence-corrected chi connectivity index (χ1v) is 10.1. The highest BCUT2D eigenvalue weighted by Crippen LogP contribution is 2.25. The number of aromatic amines is 1. The van der Waals surface area contributed by atoms with Gasteiger partial charge in [0, 0.05) is 18.2 Å². The zero-order valence-electron chi connectivity index (χ0n) is 17.7. The van der Waals surface area contributed by atoms with E-state index in [9.17, 15) is 19.2 Å². The first kappa shape index (κ1) is 25.2. The lowest BCUT2D eigenvalue weighted by molar-refractivity contribution is -0.143. The lowest BCUT2D eigenvalue weighted by Gasteiger charge is -2.23. The molecule has 0 aliphatic heterocycles. The zero-order chi connectivity index (χ0) is 24.1. The molecule has 2 rings (SSSR count). The summed E-state index contributed by atoms with van der Waals surface area (Å²) in [7, 11) is 1.15. The Hall–Kier alpha value is -3.11. The van der Waals surface area contributed by atoms with E-state index >= 15 is 0 Å². The van der Waals surface area contributed by atoms with Crippen LogP contribution in [-0.2, 0) is 20.7 Å². The van der Waals surface area contributed by atoms with Crippen molar-refractivity contribution in [1.82, 2.24) is 15.3 Å². The molecule has 2 amide bonds. The molecule has 2 aromatic rings. The van der Waals surface area contributed by atoms with Crippen molar-refractivity contribution in [2.24, 2.45) is 0 Å². The number of ether oxygens (including phenoxy) is 2. The average molecular weight is 485 g/mol. The van der Waals surface area contributed by atoms with E-state index in [1.807, 2.05) is 0 Å². The highest BCUT2D eigenvalue weighted by Gasteiger charge is 2.27. The van der Waals surface area contributed by atoms with Gasteiger partial charge in [0.2, 0.25) is 0 Å². The molecule has 32 heavy (non-hydrogen) atoms. The van der Waals surface area contributed by atoms with Gasteiger partial charge in [0.25, 0.3) is 5.91 Å². The van der Waals surface area contributed by atoms with Gasteiger partial charge >= 0.3 is 17.8 Å². The molecular weight excluding hydrogens is 463 g/mol. The number of carbonyl (C=O) groups excluding carboxylic acids is 3. The molecular formula is C20H22Cl2N4O6. The minimum absolute atomic E-state index is 0.0136. The Labute approximate surface area is 193 Å². The number of anilines is 1. The summed E-state index contributed by atoms with van der Waals surface area (Å²) < 4.78 is 9.91. The minimum Gasteiger partial charge on any atom is -0.467 e. The average Bonchev–Trinajstić information content (AvgIpc) is 2.67. The summed E-state index contributed by atoms with van der Waals surface area (Å²) in [6.45, 7) is 5.00. The second-order valence-corrected chi connectivity index (χ2v) is 8.37. The fraction of sp³-hybridized carbons (Fsp3) is 0.350. The summed E-state index contributed by atoms with van der Waals surface area (Å²) in [6, 6.07) is 3.34. The number of amides is 2. The monoisotopic (exact) mass is 484 g/mol. The number of hydrogen-bond acceptors (Lipinski definition) is 7. The van der Waals surface area contributed by atoms with Crippen LogP contribution >= 0.6 is 23.2 Å². The summed E-state index contributed by atoms with van der Waals surface area (Å²) >= 11 is 12.1. The van der Waals surface area contributed by atoms with Gasteiger partial charge in [-0.15, -0.1) is 0 Å². The van der Waals surface area contributed by atoms with Gasteiger partial charge < -0.3 is 25.1 Å². The van der Waals surface area contributed by atoms with Gasteiger partial charge in [-0.1, -0.05) is 29.3 Å². The lowest BCUT2D eigenvalue weighted by Crippen LogP contribution is -2.45. The largest absolute Gasteiger partial charge is 0.467 e. The van der Waals surface area contributed by atoms with Crippen molar-refractivity contribution in [1.29, 1.82) is 0 Å². The molecule has 1 aromatic carbocycles. The predicted molar refractivity (Wildman–Crippen MR) is 118 cm³/mol. The third-order valence-electron chi connectivity index (χ3n) is 3.91. The molecule has 0 bridgehead atoms. The Morgan fingerprint density at radius 2 is 1.81 bits per heavy atom. The number of alkyl carbamates (subject to hydrolysis) is 1. The fourth-order valence-corrected chi connectivity index (χ4v) is 3.15. The molecule has 1 atom stereocenters. The van der Waals surface area contributed by atoms with Crippen LogP contribution in [0.15, 0.2) is 29.2 Å². The van der Waals surface area contributed by atoms with E-state index in [1.165, 1.54) is 18.3 Å². The van der Waals surface area contributed by atoms with Crippen molar-refractivity contribution in [2.45, 2.75) is 38.8 Å². The quantitative estimate of drug-likeness (QED) is 0.535. The number of aromatic nitrogens is 2. The van der Waals surface area contributed by atoms with Crippen LogP contribution in [-0.4, -0.2) is 46.7 Å². The molecule has 3 N–H and O–H groups in total. The molecule has 1 aromatic heterocycles. The number of nitrogens with one attached hydrogen (secondary N) is 3. The number of methoxy groups -OCH3 is 1. The number of nitrogens with zero attached hydrogens (tertiary/aromatic N) is 1. The smallest absolute Gasteiger partial charge is 0.408 e. The molecule has 0 saturated carbocycles. The van der Waals surface area contributed by atoms with Gasteiger partial charge in [0.05, 0.1) is 22.7 Å². The summed E-state index contributed by atoms with van der Waals surface area (Å²) in [6.07, 6.45) is 0.228. The topological polar surface area (TPSA) is 139 Å². The number of hydrogen-bond donors (Lipinski definition) is 3. The van der Waals surface area contributed by atoms with E-state index in [2.05, 4.69) is 20.6 Å². The number of benzene rings is 1. The molecule has 10 nitrogen and oxygen atoms in total. The van der Waals surface area contributed by atoms with Crippen molar-refractivity contribution in [2.75, 3.05) is 12.4 Å². The van der Waals surface area contributed by atoms with Crippen LogP contribution in [0.2, 0.25) is 10.0 Å². The zero-order valence-corrected chi connectivity index (χ0v) is 19.3. The Morgan fingerprint density at radius 1 is 1.19 bits per heavy atom. The first-order chi connectivity index (χ1) is 14.9. The molecule has 0 saturated heterocycles. The van der Waals surface area contributed by atoms with Gasteiger partial charge in [-0.25, -0.2) is 14.4 Å². The van der Waals surface area contributed by atoms with Crippen LogP contribution in [0.5, 0.6) is 0 Å². The van der Waals surface area contributed by atoms with Gasteiger partial charge in [-0.3, -0.25) is 4.79 Å². The standard InChI is InChI=1S/C20H22Cl2N4O6/c1-20(2,3)32-19(30)24-13(17(28)31-4)8-10-9-23-18(29)26-15(10)25-16(27)14-11(21)6-5-7-12(14)22/h5-7,9,13H,8H2,1-4H3,(H,24,30)(H2,23,25,26,27,29). The molecule has 0 radical (unpaired) electrons. The van der Waals surface area contributed by atoms with E-state index in [1.54, 1.807) is 26.8 Å². The van der Waals surface area contributed by atoms with E-state index < -0.39 is 35.3 Å². The Bertz CT molecular complexity index is 1060. The third kappa shape index (κ3) is 6.96. The van der Waals surface area contributed by atoms with E-state index in [0.29, 0.717) is 0 Å². The van der Waals surface area contributed by atoms with Crippen molar-refractivity contribution in [3.05, 3.63) is 56.1 Å². The molecule has 0 spiro atoms. The second kappa shape index (κ2) is 10.5. The van der Waals surface area contributed by atoms with Crippen LogP contribution in [0, 0.1) is 0 Å². The van der Waals surface area contributed by atoms with Gasteiger partial charge in [0.1, 0.15) is 17.5 Å². The van der Waals surface area contributed by atoms with Gasteiger partial charge in [-0.2, -0.15) is 4.98 Å². The first-order valence-electron chi connectivity index (χ1n) is 9.32. The normalized spacial score (nSPS) is 11.9. The van der Waals surface area contributed by atoms with Crippen molar-refractivity contribution < 1.29 is 23.9 Å². The Morgan fingerprint density at radius 3 is 2.38 bits per heavy atom. The maximum Gasteiger partial charge on any atom is 0.408 e. The highest BCUT2D eigenvalue weighted by atomic mass is 35.5. The molecule has 0 aliphatic rings. The maximum atomic E-state index is 12.7. The lowest BCUT2D eigenvalue weighted by atomic mass is 10.1. The van der Waals surface area contributed by atoms with Crippen LogP contribution < -0.4 is 16.3 Å². The number of carbonyl (C=O) groups is 3. The van der Waals surface area contributed by atoms with Gasteiger partial charge in [-0.05, 0) is 32.9 Å². The van der Waals surface area contributed by atoms with Crippen molar-refractivity contribution in [3.63, 3.8) is 0 Å². The molecule has 12 heteroatoms. The molecule has 1 heterocycles. The summed E-state index contributed by atoms with van der Waals surface area (Å²) in [5.74, 6) is -1.63. The second-order valence-electron chi connectivity index (χ2n) is 7.56. The van der Waals surface area contributed by atoms with E-state index in [-0.39, 0.29) is 33.4 Å². The Balaban J connectivity index is 2.32. The van der Waals surface area contributed by atoms with Crippen LogP contribution in [0.4, 0.5) is 10.6 Å². The van der Waals surface area contributed by atoms with Crippen LogP contribution in [0.1, 0.15) is 36.7 Å². The number of halogens is 2. The fourth-order valence-electron chi connectivity index (χ4n) is 2.58. The van der Waals surface area contributed by atoms with Crippen molar-refractivity contribution in [3.8, 4) is 0 Å². The highest BCUT2D eigenvalue weighted by molar-refractivity contribution is 6.40. The van der Waals surface area contributed by atoms with E-state index in [4.69, 9.17) is 32.7 Å².